The summed E-state index contributed by atoms with van der Waals surface area (Å²) in [6, 6.07) is 17.6. The number of halogens is 2. The van der Waals surface area contributed by atoms with E-state index >= 15 is 0 Å². The summed E-state index contributed by atoms with van der Waals surface area (Å²) in [4.78, 5) is 23.9. The van der Waals surface area contributed by atoms with E-state index in [-0.39, 0.29) is 65.9 Å². The second kappa shape index (κ2) is 37.3. The molecule has 2 aromatic rings. The smallest absolute Gasteiger partial charge is 1.00 e. The van der Waals surface area contributed by atoms with Crippen LogP contribution in [0.5, 0.6) is 0 Å². The summed E-state index contributed by atoms with van der Waals surface area (Å²) in [6.07, 6.45) is 2.56. The van der Waals surface area contributed by atoms with Gasteiger partial charge < -0.3 is 37.6 Å². The van der Waals surface area contributed by atoms with Crippen LogP contribution in [0.2, 0.25) is 33.2 Å². The fourth-order valence-electron chi connectivity index (χ4n) is 8.68. The van der Waals surface area contributed by atoms with E-state index in [9.17, 15) is 14.9 Å². The van der Waals surface area contributed by atoms with Crippen LogP contribution in [0.1, 0.15) is 145 Å². The summed E-state index contributed by atoms with van der Waals surface area (Å²) in [7, 11) is 5.68. The molecule has 0 saturated carbocycles. The number of esters is 2. The van der Waals surface area contributed by atoms with Gasteiger partial charge in [0.25, 0.3) is 0 Å². The molecule has 9 nitrogen and oxygen atoms in total. The van der Waals surface area contributed by atoms with Gasteiger partial charge in [0.05, 0.1) is 38.4 Å². The molecule has 1 aliphatic heterocycles. The van der Waals surface area contributed by atoms with Gasteiger partial charge in [0, 0.05) is 28.2 Å². The van der Waals surface area contributed by atoms with Crippen LogP contribution in [0.25, 0.3) is 0 Å². The Morgan fingerprint density at radius 3 is 1.27 bits per heavy atom. The number of rotatable bonds is 19. The first kappa shape index (κ1) is 68.9. The average Bonchev–Trinajstić information content (AvgIpc) is 3.78. The van der Waals surface area contributed by atoms with Crippen LogP contribution in [0.3, 0.4) is 0 Å². The number of carbonyl (C=O) groups is 2. The molecule has 3 rings (SSSR count). The van der Waals surface area contributed by atoms with E-state index in [1.807, 2.05) is 54.6 Å². The van der Waals surface area contributed by atoms with Gasteiger partial charge in [-0.25, -0.2) is 0 Å². The fraction of sp³-hybridized carbons (Fsp3) is 0.660. The zero-order chi connectivity index (χ0) is 46.1. The second-order valence-electron chi connectivity index (χ2n) is 16.9. The number of nitrogens with zero attached hydrogens (tertiary/aromatic N) is 1. The van der Waals surface area contributed by atoms with Crippen LogP contribution in [0.15, 0.2) is 48.5 Å². The van der Waals surface area contributed by atoms with Crippen molar-refractivity contribution in [2.45, 2.75) is 168 Å². The number of nitriles is 1. The van der Waals surface area contributed by atoms with Crippen LogP contribution in [-0.2, 0) is 58.8 Å². The van der Waals surface area contributed by atoms with E-state index in [2.05, 4.69) is 83.1 Å². The van der Waals surface area contributed by atoms with Crippen molar-refractivity contribution in [1.82, 2.24) is 0 Å². The summed E-state index contributed by atoms with van der Waals surface area (Å²) in [5.41, 5.74) is 12.8. The maximum absolute atomic E-state index is 12.0. The van der Waals surface area contributed by atoms with Crippen LogP contribution in [-0.4, -0.2) is 70.0 Å². The van der Waals surface area contributed by atoms with Gasteiger partial charge in [-0.3, -0.25) is 9.59 Å². The van der Waals surface area contributed by atoms with Gasteiger partial charge >= 0.3 is 74.7 Å². The van der Waals surface area contributed by atoms with Gasteiger partial charge in [-0.2, -0.15) is 5.26 Å². The molecule has 2 atom stereocenters. The van der Waals surface area contributed by atoms with Gasteiger partial charge in [-0.05, 0) is 82.2 Å². The summed E-state index contributed by atoms with van der Waals surface area (Å²) in [6.45, 7) is 35.0. The predicted molar refractivity (Wildman–Crippen MR) is 263 cm³/mol. The van der Waals surface area contributed by atoms with Gasteiger partial charge in [0.2, 0.25) is 16.6 Å². The molecular formula is C47H82BCl2CoN2NaO7Si2. The Bertz CT molecular complexity index is 1470. The zero-order valence-electron chi connectivity index (χ0n) is 42.7. The third-order valence-electron chi connectivity index (χ3n) is 11.4. The fourth-order valence-corrected chi connectivity index (χ4v) is 19.5. The molecule has 0 aromatic heterocycles. The molecule has 2 N–H and O–H groups in total. The Kier molecular flexibility index (Phi) is 40.8. The Labute approximate surface area is 426 Å². The molecule has 16 heteroatoms. The molecule has 357 valence electrons. The van der Waals surface area contributed by atoms with Crippen molar-refractivity contribution < 1.29 is 76.5 Å². The first-order valence-corrected chi connectivity index (χ1v) is 28.8. The largest absolute Gasteiger partial charge is 1.00 e. The van der Waals surface area contributed by atoms with Crippen molar-refractivity contribution in [2.24, 2.45) is 5.73 Å². The van der Waals surface area contributed by atoms with Crippen LogP contribution < -0.4 is 35.3 Å². The molecule has 1 aliphatic rings. The van der Waals surface area contributed by atoms with Crippen LogP contribution >= 0.6 is 20.3 Å². The van der Waals surface area contributed by atoms with E-state index in [0.29, 0.717) is 71.5 Å². The molecule has 63 heavy (non-hydrogen) atoms. The first-order valence-electron chi connectivity index (χ1n) is 21.6. The summed E-state index contributed by atoms with van der Waals surface area (Å²) < 4.78 is 28.3. The monoisotopic (exact) mass is 1010 g/mol. The molecule has 1 fully saturated rings. The summed E-state index contributed by atoms with van der Waals surface area (Å²) >= 11 is 0.382. The maximum Gasteiger partial charge on any atom is 1.00 e. The zero-order valence-corrected chi connectivity index (χ0v) is 48.2. The number of carbonyl (C=O) groups excluding carboxylic acids is 2. The number of hydrogen-bond acceptors (Lipinski definition) is 9. The van der Waals surface area contributed by atoms with Crippen LogP contribution in [0, 0.1) is 18.8 Å². The molecule has 2 aromatic carbocycles. The van der Waals surface area contributed by atoms with E-state index in [4.69, 9.17) is 49.1 Å². The third-order valence-corrected chi connectivity index (χ3v) is 23.5. The minimum Gasteiger partial charge on any atom is -1.00 e. The first-order chi connectivity index (χ1) is 28.3. The third kappa shape index (κ3) is 22.3. The van der Waals surface area contributed by atoms with Crippen molar-refractivity contribution in [3.8, 4) is 6.07 Å². The number of hydrogen-bond donors (Lipinski definition) is 1. The minimum atomic E-state index is -1.91. The van der Waals surface area contributed by atoms with Gasteiger partial charge in [-0.1, -0.05) is 132 Å². The topological polar surface area (TPSA) is 130 Å². The molecule has 0 amide bonds. The molecule has 1 saturated heterocycles. The Morgan fingerprint density at radius 2 is 1.02 bits per heavy atom. The maximum atomic E-state index is 12.0. The molecule has 0 aliphatic carbocycles. The second-order valence-corrected chi connectivity index (χ2v) is 29.6. The van der Waals surface area contributed by atoms with Crippen molar-refractivity contribution in [1.29, 1.82) is 5.26 Å². The van der Waals surface area contributed by atoms with Crippen molar-refractivity contribution >= 4 is 57.3 Å². The van der Waals surface area contributed by atoms with E-state index in [0.717, 1.165) is 29.9 Å². The van der Waals surface area contributed by atoms with E-state index < -0.39 is 34.4 Å². The number of benzene rings is 2. The standard InChI is InChI=1S/C21H37NO3Si.C21H33NO3Si.C4H8O.CH3.B.2ClH.Co.Na.H/c2*1-8-24-21(23)20(13-22)19-11-9-18(10-12-19)14-25-26(15(2)3,16(4)5)17(6)7;1-2-4-5-3-1;;;;;;;/h9-12,15-17,20H,8,13-14,22H2,1-7H3;9-12,15-17,20H,8,14H2,1-7H3;1-4H2;1H3;;2*1H;;;/q;;;-1;;;;+3;+1;-1/p-2. The van der Waals surface area contributed by atoms with Gasteiger partial charge in [0.15, 0.2) is 5.92 Å². The van der Waals surface area contributed by atoms with Gasteiger partial charge in [-0.15, -0.1) is 0 Å². The van der Waals surface area contributed by atoms with Gasteiger partial charge in [0.1, 0.15) is 0 Å². The molecule has 2 unspecified atom stereocenters. The molecule has 0 bridgehead atoms. The summed E-state index contributed by atoms with van der Waals surface area (Å²) in [5, 5.41) is 9.27. The van der Waals surface area contributed by atoms with E-state index in [1.54, 1.807) is 13.8 Å². The molecular weight excluding hydrogens is 924 g/mol. The average molecular weight is 1010 g/mol. The van der Waals surface area contributed by atoms with Crippen LogP contribution in [0.4, 0.5) is 0 Å². The number of ether oxygens (including phenoxy) is 3. The summed E-state index contributed by atoms with van der Waals surface area (Å²) in [5.74, 6) is -2.03. The molecule has 3 radical (unpaired) electrons. The Hall–Kier alpha value is -0.705. The van der Waals surface area contributed by atoms with Crippen molar-refractivity contribution in [2.75, 3.05) is 33.0 Å². The van der Waals surface area contributed by atoms with Crippen molar-refractivity contribution in [3.05, 3.63) is 78.2 Å². The normalized spacial score (nSPS) is 13.2. The Balaban J connectivity index is -0.000000292. The van der Waals surface area contributed by atoms with E-state index in [1.165, 1.54) is 12.8 Å². The molecule has 1 heterocycles. The predicted octanol–water partition coefficient (Wildman–Crippen LogP) is 9.89. The van der Waals surface area contributed by atoms with Crippen molar-refractivity contribution in [3.63, 3.8) is 0 Å². The number of nitrogens with two attached hydrogens (primary N) is 1. The Morgan fingerprint density at radius 1 is 0.698 bits per heavy atom. The SMILES string of the molecule is C1CCOC1.CCOC(=O)C(C#N)c1ccc(CO[Si](C(C)C)(C(C)C)C(C)C)cc1.CCOC(=O)C(CN)c1ccc(CO[Si](C(C)C)(C(C)C)C(C)C)cc1.[B].[CH3-].[Cl][Co+][Cl].[H-].[Na+]. The minimum absolute atomic E-state index is 0. The molecule has 0 spiro atoms. The quantitative estimate of drug-likeness (QED) is 0.0831.